The Labute approximate surface area is 100 Å². The molecule has 0 heterocycles. The first kappa shape index (κ1) is 11.1. The third-order valence-corrected chi connectivity index (χ3v) is 5.66. The van der Waals surface area contributed by atoms with Crippen LogP contribution in [-0.4, -0.2) is 12.6 Å². The van der Waals surface area contributed by atoms with Crippen molar-refractivity contribution in [1.29, 1.82) is 0 Å². The highest BCUT2D eigenvalue weighted by atomic mass is 14.9. The molecule has 0 saturated heterocycles. The van der Waals surface area contributed by atoms with E-state index in [-0.39, 0.29) is 0 Å². The molecular formula is C15H27N. The van der Waals surface area contributed by atoms with Gasteiger partial charge in [-0.15, -0.1) is 0 Å². The highest BCUT2D eigenvalue weighted by molar-refractivity contribution is 4.92. The van der Waals surface area contributed by atoms with E-state index in [2.05, 4.69) is 12.2 Å². The lowest BCUT2D eigenvalue weighted by atomic mass is 9.71. The molecule has 1 heteroatoms. The fourth-order valence-electron chi connectivity index (χ4n) is 4.06. The molecule has 3 rings (SSSR count). The van der Waals surface area contributed by atoms with Crippen LogP contribution in [-0.2, 0) is 0 Å². The van der Waals surface area contributed by atoms with Gasteiger partial charge in [-0.25, -0.2) is 0 Å². The van der Waals surface area contributed by atoms with Gasteiger partial charge in [0, 0.05) is 6.04 Å². The fraction of sp³-hybridized carbons (Fsp3) is 1.00. The molecule has 0 aromatic rings. The summed E-state index contributed by atoms with van der Waals surface area (Å²) in [4.78, 5) is 0. The first-order valence-corrected chi connectivity index (χ1v) is 7.51. The van der Waals surface area contributed by atoms with Gasteiger partial charge in [-0.3, -0.25) is 0 Å². The van der Waals surface area contributed by atoms with Crippen LogP contribution in [0.2, 0.25) is 0 Å². The Bertz CT molecular complexity index is 232. The monoisotopic (exact) mass is 221 g/mol. The molecule has 1 nitrogen and oxygen atoms in total. The van der Waals surface area contributed by atoms with E-state index in [0.29, 0.717) is 0 Å². The zero-order chi connectivity index (χ0) is 11.0. The molecule has 92 valence electrons. The van der Waals surface area contributed by atoms with Gasteiger partial charge in [0.05, 0.1) is 0 Å². The van der Waals surface area contributed by atoms with E-state index in [9.17, 15) is 0 Å². The van der Waals surface area contributed by atoms with Crippen molar-refractivity contribution in [3.8, 4) is 0 Å². The van der Waals surface area contributed by atoms with E-state index >= 15 is 0 Å². The molecule has 0 aromatic heterocycles. The van der Waals surface area contributed by atoms with Crippen molar-refractivity contribution in [2.45, 2.75) is 70.8 Å². The van der Waals surface area contributed by atoms with Gasteiger partial charge in [0.15, 0.2) is 0 Å². The Balaban J connectivity index is 1.40. The normalized spacial score (nSPS) is 38.1. The van der Waals surface area contributed by atoms with E-state index in [4.69, 9.17) is 0 Å². The predicted molar refractivity (Wildman–Crippen MR) is 68.4 cm³/mol. The SMILES string of the molecule is CC1CC1CNC1CCC2(CCCC2)CC1. The second-order valence-electron chi connectivity index (χ2n) is 6.86. The summed E-state index contributed by atoms with van der Waals surface area (Å²) in [6.45, 7) is 3.69. The number of rotatable bonds is 3. The van der Waals surface area contributed by atoms with E-state index in [1.54, 1.807) is 12.8 Å². The molecular weight excluding hydrogens is 194 g/mol. The molecule has 0 aliphatic heterocycles. The van der Waals surface area contributed by atoms with E-state index in [0.717, 1.165) is 23.3 Å². The summed E-state index contributed by atoms with van der Waals surface area (Å²) in [5, 5.41) is 3.82. The third kappa shape index (κ3) is 2.30. The smallest absolute Gasteiger partial charge is 0.00675 e. The standard InChI is InChI=1S/C15H27N/c1-12-10-13(12)11-16-14-4-8-15(9-5-14)6-2-3-7-15/h12-14,16H,2-11H2,1H3. The van der Waals surface area contributed by atoms with Crippen LogP contribution in [0.3, 0.4) is 0 Å². The average Bonchev–Trinajstić information content (AvgIpc) is 2.82. The van der Waals surface area contributed by atoms with Crippen LogP contribution >= 0.6 is 0 Å². The van der Waals surface area contributed by atoms with Crippen LogP contribution in [0.25, 0.3) is 0 Å². The Morgan fingerprint density at radius 2 is 1.69 bits per heavy atom. The maximum Gasteiger partial charge on any atom is 0.00675 e. The van der Waals surface area contributed by atoms with Crippen molar-refractivity contribution >= 4 is 0 Å². The van der Waals surface area contributed by atoms with E-state index < -0.39 is 0 Å². The highest BCUT2D eigenvalue weighted by Gasteiger charge is 2.38. The van der Waals surface area contributed by atoms with Crippen molar-refractivity contribution in [2.75, 3.05) is 6.54 Å². The second kappa shape index (κ2) is 4.33. The largest absolute Gasteiger partial charge is 0.314 e. The lowest BCUT2D eigenvalue weighted by molar-refractivity contribution is 0.168. The van der Waals surface area contributed by atoms with Gasteiger partial charge < -0.3 is 5.32 Å². The molecule has 0 aromatic carbocycles. The molecule has 0 amide bonds. The highest BCUT2D eigenvalue weighted by Crippen LogP contribution is 2.49. The third-order valence-electron chi connectivity index (χ3n) is 5.66. The summed E-state index contributed by atoms with van der Waals surface area (Å²) in [7, 11) is 0. The Hall–Kier alpha value is -0.0400. The summed E-state index contributed by atoms with van der Waals surface area (Å²) >= 11 is 0. The molecule has 16 heavy (non-hydrogen) atoms. The molecule has 3 saturated carbocycles. The van der Waals surface area contributed by atoms with Crippen LogP contribution in [0.15, 0.2) is 0 Å². The Morgan fingerprint density at radius 3 is 2.25 bits per heavy atom. The van der Waals surface area contributed by atoms with Gasteiger partial charge in [0.1, 0.15) is 0 Å². The molecule has 2 atom stereocenters. The van der Waals surface area contributed by atoms with Gasteiger partial charge in [-0.05, 0) is 68.7 Å². The second-order valence-corrected chi connectivity index (χ2v) is 6.86. The van der Waals surface area contributed by atoms with Gasteiger partial charge in [0.2, 0.25) is 0 Å². The van der Waals surface area contributed by atoms with Crippen LogP contribution < -0.4 is 5.32 Å². The van der Waals surface area contributed by atoms with Gasteiger partial charge >= 0.3 is 0 Å². The molecule has 0 bridgehead atoms. The van der Waals surface area contributed by atoms with Crippen LogP contribution in [0, 0.1) is 17.3 Å². The van der Waals surface area contributed by atoms with Crippen LogP contribution in [0.4, 0.5) is 0 Å². The number of hydrogen-bond donors (Lipinski definition) is 1. The molecule has 1 spiro atoms. The molecule has 3 aliphatic carbocycles. The first-order valence-electron chi connectivity index (χ1n) is 7.51. The average molecular weight is 221 g/mol. The predicted octanol–water partition coefficient (Wildman–Crippen LogP) is 3.74. The zero-order valence-corrected chi connectivity index (χ0v) is 10.8. The summed E-state index contributed by atoms with van der Waals surface area (Å²) in [5.41, 5.74) is 0.811. The molecule has 3 fully saturated rings. The number of nitrogens with one attached hydrogen (secondary N) is 1. The quantitative estimate of drug-likeness (QED) is 0.765. The number of hydrogen-bond acceptors (Lipinski definition) is 1. The summed E-state index contributed by atoms with van der Waals surface area (Å²) in [6.07, 6.45) is 13.5. The van der Waals surface area contributed by atoms with Crippen molar-refractivity contribution in [2.24, 2.45) is 17.3 Å². The van der Waals surface area contributed by atoms with Gasteiger partial charge in [-0.2, -0.15) is 0 Å². The molecule has 3 aliphatic rings. The van der Waals surface area contributed by atoms with Crippen LogP contribution in [0.5, 0.6) is 0 Å². The Morgan fingerprint density at radius 1 is 1.06 bits per heavy atom. The van der Waals surface area contributed by atoms with E-state index in [1.165, 1.54) is 51.5 Å². The molecule has 1 N–H and O–H groups in total. The zero-order valence-electron chi connectivity index (χ0n) is 10.8. The maximum absolute atomic E-state index is 3.82. The Kier molecular flexibility index (Phi) is 2.99. The van der Waals surface area contributed by atoms with Gasteiger partial charge in [0.25, 0.3) is 0 Å². The summed E-state index contributed by atoms with van der Waals surface area (Å²) in [5.74, 6) is 2.03. The van der Waals surface area contributed by atoms with Crippen molar-refractivity contribution in [3.63, 3.8) is 0 Å². The van der Waals surface area contributed by atoms with E-state index in [1.807, 2.05) is 0 Å². The maximum atomic E-state index is 3.82. The van der Waals surface area contributed by atoms with Crippen molar-refractivity contribution < 1.29 is 0 Å². The van der Waals surface area contributed by atoms with Crippen LogP contribution in [0.1, 0.15) is 64.7 Å². The topological polar surface area (TPSA) is 12.0 Å². The minimum absolute atomic E-state index is 0.811. The summed E-state index contributed by atoms with van der Waals surface area (Å²) < 4.78 is 0. The minimum atomic E-state index is 0.811. The lowest BCUT2D eigenvalue weighted by Gasteiger charge is -2.37. The van der Waals surface area contributed by atoms with Crippen molar-refractivity contribution in [1.82, 2.24) is 5.32 Å². The molecule has 0 radical (unpaired) electrons. The molecule has 2 unspecified atom stereocenters. The summed E-state index contributed by atoms with van der Waals surface area (Å²) in [6, 6.07) is 0.860. The first-order chi connectivity index (χ1) is 7.77. The fourth-order valence-corrected chi connectivity index (χ4v) is 4.06. The van der Waals surface area contributed by atoms with Crippen molar-refractivity contribution in [3.05, 3.63) is 0 Å². The minimum Gasteiger partial charge on any atom is -0.314 e. The van der Waals surface area contributed by atoms with Gasteiger partial charge in [-0.1, -0.05) is 19.8 Å². The lowest BCUT2D eigenvalue weighted by Crippen LogP contribution is -2.37.